The SMILES string of the molecule is CCOc1cc(/C(O)=C2/C(=O)C(=O)N(c3cc(C)cc(C)c3)C2c2cccs2)ccc1Cl. The van der Waals surface area contributed by atoms with Crippen molar-refractivity contribution in [2.24, 2.45) is 0 Å². The molecular formula is C25H22ClNO4S. The average Bonchev–Trinajstić information content (AvgIpc) is 3.36. The Kier molecular flexibility index (Phi) is 6.09. The van der Waals surface area contributed by atoms with Crippen LogP contribution >= 0.6 is 22.9 Å². The number of rotatable bonds is 5. The lowest BCUT2D eigenvalue weighted by molar-refractivity contribution is -0.132. The molecule has 1 saturated heterocycles. The predicted molar refractivity (Wildman–Crippen MR) is 128 cm³/mol. The van der Waals surface area contributed by atoms with E-state index in [2.05, 4.69) is 0 Å². The van der Waals surface area contributed by atoms with Crippen molar-refractivity contribution in [3.8, 4) is 5.75 Å². The Balaban J connectivity index is 1.92. The number of carbonyl (C=O) groups excluding carboxylic acids is 2. The van der Waals surface area contributed by atoms with Gasteiger partial charge in [0.1, 0.15) is 17.6 Å². The van der Waals surface area contributed by atoms with Gasteiger partial charge in [-0.2, -0.15) is 0 Å². The van der Waals surface area contributed by atoms with Gasteiger partial charge in [0.05, 0.1) is 17.2 Å². The topological polar surface area (TPSA) is 66.8 Å². The van der Waals surface area contributed by atoms with E-state index in [1.807, 2.05) is 56.5 Å². The number of Topliss-reactive ketones (excluding diaryl/α,β-unsaturated/α-hetero) is 1. The van der Waals surface area contributed by atoms with Gasteiger partial charge >= 0.3 is 0 Å². The van der Waals surface area contributed by atoms with E-state index in [9.17, 15) is 14.7 Å². The summed E-state index contributed by atoms with van der Waals surface area (Å²) in [5, 5.41) is 13.5. The number of anilines is 1. The highest BCUT2D eigenvalue weighted by atomic mass is 35.5. The van der Waals surface area contributed by atoms with Crippen LogP contribution < -0.4 is 9.64 Å². The van der Waals surface area contributed by atoms with Crippen LogP contribution in [0.4, 0.5) is 5.69 Å². The van der Waals surface area contributed by atoms with E-state index in [0.717, 1.165) is 16.0 Å². The van der Waals surface area contributed by atoms with E-state index in [0.29, 0.717) is 28.6 Å². The van der Waals surface area contributed by atoms with Crippen LogP contribution in [-0.4, -0.2) is 23.4 Å². The average molecular weight is 468 g/mol. The number of carbonyl (C=O) groups is 2. The minimum absolute atomic E-state index is 0.0429. The van der Waals surface area contributed by atoms with Gasteiger partial charge in [0.2, 0.25) is 0 Å². The molecule has 1 aromatic heterocycles. The normalized spacial score (nSPS) is 17.8. The molecule has 2 heterocycles. The summed E-state index contributed by atoms with van der Waals surface area (Å²) < 4.78 is 5.53. The van der Waals surface area contributed by atoms with Crippen molar-refractivity contribution in [1.29, 1.82) is 0 Å². The van der Waals surface area contributed by atoms with Crippen LogP contribution in [-0.2, 0) is 9.59 Å². The van der Waals surface area contributed by atoms with Crippen molar-refractivity contribution in [3.05, 3.63) is 86.1 Å². The van der Waals surface area contributed by atoms with E-state index >= 15 is 0 Å². The van der Waals surface area contributed by atoms with Crippen LogP contribution in [0.1, 0.15) is 34.5 Å². The number of halogens is 1. The molecule has 1 N–H and O–H groups in total. The second kappa shape index (κ2) is 8.81. The van der Waals surface area contributed by atoms with Gasteiger partial charge in [0.15, 0.2) is 0 Å². The number of ketones is 1. The first-order valence-corrected chi connectivity index (χ1v) is 11.4. The molecule has 1 atom stereocenters. The maximum absolute atomic E-state index is 13.2. The molecule has 1 aliphatic rings. The molecule has 0 saturated carbocycles. The first-order valence-electron chi connectivity index (χ1n) is 10.2. The minimum Gasteiger partial charge on any atom is -0.507 e. The third-order valence-electron chi connectivity index (χ3n) is 5.25. The quantitative estimate of drug-likeness (QED) is 0.282. The van der Waals surface area contributed by atoms with Gasteiger partial charge in [-0.05, 0) is 73.7 Å². The zero-order valence-corrected chi connectivity index (χ0v) is 19.5. The van der Waals surface area contributed by atoms with Crippen molar-refractivity contribution in [1.82, 2.24) is 0 Å². The molecule has 3 aromatic rings. The molecule has 5 nitrogen and oxygen atoms in total. The Morgan fingerprint density at radius 3 is 2.47 bits per heavy atom. The number of hydrogen-bond donors (Lipinski definition) is 1. The molecule has 0 spiro atoms. The molecule has 0 aliphatic carbocycles. The summed E-state index contributed by atoms with van der Waals surface area (Å²) in [4.78, 5) is 28.6. The number of amides is 1. The molecule has 1 aliphatic heterocycles. The van der Waals surface area contributed by atoms with Gasteiger partial charge in [-0.1, -0.05) is 23.7 Å². The Bertz CT molecular complexity index is 1210. The van der Waals surface area contributed by atoms with Gasteiger partial charge in [0.25, 0.3) is 11.7 Å². The van der Waals surface area contributed by atoms with E-state index in [1.165, 1.54) is 16.2 Å². The highest BCUT2D eigenvalue weighted by Gasteiger charge is 2.47. The Labute approximate surface area is 195 Å². The lowest BCUT2D eigenvalue weighted by Gasteiger charge is -2.25. The van der Waals surface area contributed by atoms with Gasteiger partial charge in [-0.15, -0.1) is 11.3 Å². The number of aliphatic hydroxyl groups excluding tert-OH is 1. The summed E-state index contributed by atoms with van der Waals surface area (Å²) in [5.74, 6) is -1.26. The first-order chi connectivity index (χ1) is 15.3. The van der Waals surface area contributed by atoms with Gasteiger partial charge < -0.3 is 9.84 Å². The van der Waals surface area contributed by atoms with Gasteiger partial charge in [0, 0.05) is 16.1 Å². The largest absolute Gasteiger partial charge is 0.507 e. The summed E-state index contributed by atoms with van der Waals surface area (Å²) in [6.07, 6.45) is 0. The maximum atomic E-state index is 13.2. The van der Waals surface area contributed by atoms with Crippen molar-refractivity contribution in [3.63, 3.8) is 0 Å². The molecular weight excluding hydrogens is 446 g/mol. The molecule has 1 fully saturated rings. The highest BCUT2D eigenvalue weighted by molar-refractivity contribution is 7.10. The monoisotopic (exact) mass is 467 g/mol. The van der Waals surface area contributed by atoms with Crippen molar-refractivity contribution >= 4 is 46.1 Å². The van der Waals surface area contributed by atoms with E-state index in [4.69, 9.17) is 16.3 Å². The number of benzene rings is 2. The summed E-state index contributed by atoms with van der Waals surface area (Å²) in [5.41, 5.74) is 2.98. The number of thiophene rings is 1. The molecule has 1 amide bonds. The standard InChI is InChI=1S/C25H22ClNO4S/c1-4-31-19-13-16(7-8-18(19)26)23(28)21-22(20-6-5-9-32-20)27(25(30)24(21)29)17-11-14(2)10-15(3)12-17/h5-13,22,28H,4H2,1-3H3/b23-21-. The maximum Gasteiger partial charge on any atom is 0.300 e. The van der Waals surface area contributed by atoms with Crippen molar-refractivity contribution in [2.45, 2.75) is 26.8 Å². The summed E-state index contributed by atoms with van der Waals surface area (Å²) >= 11 is 7.61. The molecule has 0 radical (unpaired) electrons. The third kappa shape index (κ3) is 3.92. The Morgan fingerprint density at radius 2 is 1.84 bits per heavy atom. The fourth-order valence-corrected chi connectivity index (χ4v) is 4.97. The van der Waals surface area contributed by atoms with Crippen LogP contribution in [0.3, 0.4) is 0 Å². The molecule has 1 unspecified atom stereocenters. The first kappa shape index (κ1) is 22.1. The third-order valence-corrected chi connectivity index (χ3v) is 6.48. The van der Waals surface area contributed by atoms with E-state index in [1.54, 1.807) is 18.2 Å². The summed E-state index contributed by atoms with van der Waals surface area (Å²) in [6, 6.07) is 13.5. The number of ether oxygens (including phenoxy) is 1. The second-order valence-electron chi connectivity index (χ2n) is 7.61. The summed E-state index contributed by atoms with van der Waals surface area (Å²) in [7, 11) is 0. The zero-order valence-electron chi connectivity index (χ0n) is 17.9. The lowest BCUT2D eigenvalue weighted by atomic mass is 9.99. The fourth-order valence-electron chi connectivity index (χ4n) is 3.98. The van der Waals surface area contributed by atoms with Crippen LogP contribution in [0.25, 0.3) is 5.76 Å². The van der Waals surface area contributed by atoms with Gasteiger partial charge in [-0.3, -0.25) is 14.5 Å². The number of nitrogens with zero attached hydrogens (tertiary/aromatic N) is 1. The van der Waals surface area contributed by atoms with Crippen LogP contribution in [0.15, 0.2) is 59.5 Å². The van der Waals surface area contributed by atoms with Crippen molar-refractivity contribution in [2.75, 3.05) is 11.5 Å². The Hall–Kier alpha value is -3.09. The van der Waals surface area contributed by atoms with E-state index < -0.39 is 17.7 Å². The lowest BCUT2D eigenvalue weighted by Crippen LogP contribution is -2.29. The number of aliphatic hydroxyl groups is 1. The van der Waals surface area contributed by atoms with Crippen molar-refractivity contribution < 1.29 is 19.4 Å². The van der Waals surface area contributed by atoms with E-state index in [-0.39, 0.29) is 11.3 Å². The minimum atomic E-state index is -0.734. The van der Waals surface area contributed by atoms with Gasteiger partial charge in [-0.25, -0.2) is 0 Å². The fraction of sp³-hybridized carbons (Fsp3) is 0.200. The smallest absolute Gasteiger partial charge is 0.300 e. The van der Waals surface area contributed by atoms with Crippen LogP contribution in [0.2, 0.25) is 5.02 Å². The summed E-state index contributed by atoms with van der Waals surface area (Å²) in [6.45, 7) is 6.11. The molecule has 2 aromatic carbocycles. The molecule has 7 heteroatoms. The zero-order chi connectivity index (χ0) is 23.0. The Morgan fingerprint density at radius 1 is 1.12 bits per heavy atom. The molecule has 164 valence electrons. The molecule has 0 bridgehead atoms. The predicted octanol–water partition coefficient (Wildman–Crippen LogP) is 6.04. The second-order valence-corrected chi connectivity index (χ2v) is 9.00. The number of hydrogen-bond acceptors (Lipinski definition) is 5. The molecule has 4 rings (SSSR count). The molecule has 32 heavy (non-hydrogen) atoms. The van der Waals surface area contributed by atoms with Crippen LogP contribution in [0, 0.1) is 13.8 Å². The highest BCUT2D eigenvalue weighted by Crippen LogP contribution is 2.44. The number of aryl methyl sites for hydroxylation is 2. The van der Waals surface area contributed by atoms with Crippen LogP contribution in [0.5, 0.6) is 5.75 Å².